The second-order valence-electron chi connectivity index (χ2n) is 4.74. The van der Waals surface area contributed by atoms with Gasteiger partial charge in [-0.05, 0) is 37.1 Å². The number of rotatable bonds is 3. The van der Waals surface area contributed by atoms with Gasteiger partial charge in [-0.25, -0.2) is 0 Å². The summed E-state index contributed by atoms with van der Waals surface area (Å²) in [6, 6.07) is 8.82. The Balaban J connectivity index is 1.82. The summed E-state index contributed by atoms with van der Waals surface area (Å²) in [6.07, 6.45) is 1.23. The molecule has 1 aromatic carbocycles. The van der Waals surface area contributed by atoms with Gasteiger partial charge >= 0.3 is 0 Å². The van der Waals surface area contributed by atoms with Crippen molar-refractivity contribution in [1.29, 1.82) is 5.26 Å². The van der Waals surface area contributed by atoms with Gasteiger partial charge in [0.25, 0.3) is 0 Å². The number of anilines is 1. The van der Waals surface area contributed by atoms with Gasteiger partial charge in [-0.1, -0.05) is 0 Å². The molecular weight excluding hydrogens is 242 g/mol. The number of piperidine rings is 1. The fourth-order valence-corrected chi connectivity index (χ4v) is 2.11. The molecule has 2 rings (SSSR count). The molecular formula is C14H17N3O2. The first-order valence-corrected chi connectivity index (χ1v) is 6.38. The minimum Gasteiger partial charge on any atom is -0.393 e. The number of aliphatic hydroxyl groups excluding tert-OH is 1. The van der Waals surface area contributed by atoms with Gasteiger partial charge in [0, 0.05) is 18.8 Å². The van der Waals surface area contributed by atoms with Crippen LogP contribution in [0.5, 0.6) is 0 Å². The van der Waals surface area contributed by atoms with E-state index in [1.54, 1.807) is 24.3 Å². The van der Waals surface area contributed by atoms with Gasteiger partial charge < -0.3 is 10.4 Å². The predicted molar refractivity (Wildman–Crippen MR) is 71.5 cm³/mol. The third kappa shape index (κ3) is 4.05. The Morgan fingerprint density at radius 1 is 1.37 bits per heavy atom. The molecule has 0 radical (unpaired) electrons. The number of nitrogens with zero attached hydrogens (tertiary/aromatic N) is 2. The van der Waals surface area contributed by atoms with Crippen LogP contribution in [-0.2, 0) is 4.79 Å². The van der Waals surface area contributed by atoms with Crippen LogP contribution in [0.4, 0.5) is 5.69 Å². The van der Waals surface area contributed by atoms with Crippen molar-refractivity contribution < 1.29 is 9.90 Å². The first-order chi connectivity index (χ1) is 9.17. The molecule has 1 fully saturated rings. The van der Waals surface area contributed by atoms with Crippen LogP contribution in [0.1, 0.15) is 18.4 Å². The number of carbonyl (C=O) groups is 1. The van der Waals surface area contributed by atoms with Crippen LogP contribution in [0.3, 0.4) is 0 Å². The maximum absolute atomic E-state index is 11.8. The standard InChI is InChI=1S/C14H17N3O2/c15-9-11-1-3-12(4-2-11)16-14(19)10-17-7-5-13(18)6-8-17/h1-4,13,18H,5-8,10H2,(H,16,19). The van der Waals surface area contributed by atoms with Crippen molar-refractivity contribution in [3.8, 4) is 6.07 Å². The molecule has 0 saturated carbocycles. The molecule has 0 aromatic heterocycles. The van der Waals surface area contributed by atoms with Crippen LogP contribution in [0.25, 0.3) is 0 Å². The van der Waals surface area contributed by atoms with E-state index in [9.17, 15) is 9.90 Å². The molecule has 5 nitrogen and oxygen atoms in total. The fourth-order valence-electron chi connectivity index (χ4n) is 2.11. The zero-order valence-corrected chi connectivity index (χ0v) is 10.7. The van der Waals surface area contributed by atoms with Gasteiger partial charge in [0.05, 0.1) is 24.3 Å². The number of carbonyl (C=O) groups excluding carboxylic acids is 1. The van der Waals surface area contributed by atoms with E-state index in [1.165, 1.54) is 0 Å². The molecule has 1 saturated heterocycles. The highest BCUT2D eigenvalue weighted by molar-refractivity contribution is 5.92. The van der Waals surface area contributed by atoms with E-state index in [0.29, 0.717) is 17.8 Å². The zero-order valence-electron chi connectivity index (χ0n) is 10.7. The van der Waals surface area contributed by atoms with Crippen LogP contribution in [-0.4, -0.2) is 41.7 Å². The van der Waals surface area contributed by atoms with Crippen molar-refractivity contribution in [2.75, 3.05) is 25.0 Å². The molecule has 0 atom stereocenters. The number of likely N-dealkylation sites (tertiary alicyclic amines) is 1. The Hall–Kier alpha value is -1.90. The molecule has 1 aromatic rings. The van der Waals surface area contributed by atoms with E-state index in [4.69, 9.17) is 5.26 Å². The SMILES string of the molecule is N#Cc1ccc(NC(=O)CN2CCC(O)CC2)cc1. The minimum atomic E-state index is -0.224. The summed E-state index contributed by atoms with van der Waals surface area (Å²) in [4.78, 5) is 13.9. The largest absolute Gasteiger partial charge is 0.393 e. The second-order valence-corrected chi connectivity index (χ2v) is 4.74. The fraction of sp³-hybridized carbons (Fsp3) is 0.429. The monoisotopic (exact) mass is 259 g/mol. The number of nitrogens with one attached hydrogen (secondary N) is 1. The molecule has 1 heterocycles. The van der Waals surface area contributed by atoms with Gasteiger partial charge in [-0.2, -0.15) is 5.26 Å². The minimum absolute atomic E-state index is 0.0684. The van der Waals surface area contributed by atoms with Crippen molar-refractivity contribution in [2.45, 2.75) is 18.9 Å². The first-order valence-electron chi connectivity index (χ1n) is 6.38. The number of hydrogen-bond acceptors (Lipinski definition) is 4. The number of amides is 1. The molecule has 19 heavy (non-hydrogen) atoms. The summed E-state index contributed by atoms with van der Waals surface area (Å²) in [6.45, 7) is 1.84. The van der Waals surface area contributed by atoms with Crippen LogP contribution < -0.4 is 5.32 Å². The number of nitriles is 1. The van der Waals surface area contributed by atoms with Crippen molar-refractivity contribution >= 4 is 11.6 Å². The zero-order chi connectivity index (χ0) is 13.7. The highest BCUT2D eigenvalue weighted by Crippen LogP contribution is 2.11. The molecule has 2 N–H and O–H groups in total. The maximum atomic E-state index is 11.8. The van der Waals surface area contributed by atoms with Gasteiger partial charge in [0.15, 0.2) is 0 Å². The van der Waals surface area contributed by atoms with Crippen LogP contribution in [0.15, 0.2) is 24.3 Å². The van der Waals surface area contributed by atoms with Gasteiger partial charge in [0.1, 0.15) is 0 Å². The molecule has 1 aliphatic heterocycles. The average Bonchev–Trinajstić information content (AvgIpc) is 2.42. The third-order valence-electron chi connectivity index (χ3n) is 3.22. The first kappa shape index (κ1) is 13.5. The lowest BCUT2D eigenvalue weighted by atomic mass is 10.1. The van der Waals surface area contributed by atoms with Crippen LogP contribution in [0, 0.1) is 11.3 Å². The lowest BCUT2D eigenvalue weighted by Gasteiger charge is -2.28. The molecule has 0 bridgehead atoms. The maximum Gasteiger partial charge on any atom is 0.238 e. The summed E-state index contributed by atoms with van der Waals surface area (Å²) in [7, 11) is 0. The summed E-state index contributed by atoms with van der Waals surface area (Å²) in [5.74, 6) is -0.0684. The van der Waals surface area contributed by atoms with Crippen molar-refractivity contribution in [3.05, 3.63) is 29.8 Å². The Kier molecular flexibility index (Phi) is 4.50. The Bertz CT molecular complexity index is 470. The Labute approximate surface area is 112 Å². The molecule has 100 valence electrons. The summed E-state index contributed by atoms with van der Waals surface area (Å²) < 4.78 is 0. The summed E-state index contributed by atoms with van der Waals surface area (Å²) >= 11 is 0. The second kappa shape index (κ2) is 6.32. The van der Waals surface area contributed by atoms with Gasteiger partial charge in [0.2, 0.25) is 5.91 Å². The Morgan fingerprint density at radius 3 is 2.58 bits per heavy atom. The third-order valence-corrected chi connectivity index (χ3v) is 3.22. The van der Waals surface area contributed by atoms with Crippen molar-refractivity contribution in [1.82, 2.24) is 4.90 Å². The predicted octanol–water partition coefficient (Wildman–Crippen LogP) is 0.953. The van der Waals surface area contributed by atoms with Gasteiger partial charge in [-0.15, -0.1) is 0 Å². The Morgan fingerprint density at radius 2 is 2.00 bits per heavy atom. The molecule has 5 heteroatoms. The highest BCUT2D eigenvalue weighted by Gasteiger charge is 2.18. The number of hydrogen-bond donors (Lipinski definition) is 2. The number of benzene rings is 1. The van der Waals surface area contributed by atoms with Crippen molar-refractivity contribution in [3.63, 3.8) is 0 Å². The van der Waals surface area contributed by atoms with E-state index in [-0.39, 0.29) is 12.0 Å². The van der Waals surface area contributed by atoms with Crippen molar-refractivity contribution in [2.24, 2.45) is 0 Å². The molecule has 0 aliphatic carbocycles. The molecule has 0 unspecified atom stereocenters. The number of aliphatic hydroxyl groups is 1. The molecule has 0 spiro atoms. The van der Waals surface area contributed by atoms with E-state index in [2.05, 4.69) is 5.32 Å². The van der Waals surface area contributed by atoms with E-state index < -0.39 is 0 Å². The molecule has 1 aliphatic rings. The normalized spacial score (nSPS) is 16.8. The lowest BCUT2D eigenvalue weighted by molar-refractivity contribution is -0.117. The highest BCUT2D eigenvalue weighted by atomic mass is 16.3. The van der Waals surface area contributed by atoms with Crippen LogP contribution in [0.2, 0.25) is 0 Å². The van der Waals surface area contributed by atoms with E-state index >= 15 is 0 Å². The smallest absolute Gasteiger partial charge is 0.238 e. The lowest BCUT2D eigenvalue weighted by Crippen LogP contribution is -2.40. The van der Waals surface area contributed by atoms with Crippen LogP contribution >= 0.6 is 0 Å². The van der Waals surface area contributed by atoms with Gasteiger partial charge in [-0.3, -0.25) is 9.69 Å². The van der Waals surface area contributed by atoms with E-state index in [0.717, 1.165) is 25.9 Å². The topological polar surface area (TPSA) is 76.4 Å². The molecule has 1 amide bonds. The summed E-state index contributed by atoms with van der Waals surface area (Å²) in [5, 5.41) is 20.9. The summed E-state index contributed by atoms with van der Waals surface area (Å²) in [5.41, 5.74) is 1.27. The quantitative estimate of drug-likeness (QED) is 0.847. The average molecular weight is 259 g/mol. The van der Waals surface area contributed by atoms with E-state index in [1.807, 2.05) is 11.0 Å².